The minimum atomic E-state index is -0.103. The molecule has 1 unspecified atom stereocenters. The Kier molecular flexibility index (Phi) is 4.61. The molecule has 4 heteroatoms. The highest BCUT2D eigenvalue weighted by Gasteiger charge is 2.27. The Labute approximate surface area is 118 Å². The molecule has 1 aliphatic rings. The Bertz CT molecular complexity index is 481. The Morgan fingerprint density at radius 3 is 2.63 bits per heavy atom. The van der Waals surface area contributed by atoms with Crippen molar-refractivity contribution in [2.75, 3.05) is 24.0 Å². The van der Waals surface area contributed by atoms with Gasteiger partial charge in [-0.2, -0.15) is 0 Å². The lowest BCUT2D eigenvalue weighted by Crippen LogP contribution is -2.46. The number of ether oxygens (including phenoxy) is 1. The molecule has 1 aromatic rings. The molecule has 2 rings (SSSR count). The summed E-state index contributed by atoms with van der Waals surface area (Å²) in [5.74, 6) is -0.133. The zero-order valence-electron chi connectivity index (χ0n) is 11.2. The lowest BCUT2D eigenvalue weighted by molar-refractivity contribution is -0.116. The van der Waals surface area contributed by atoms with Crippen molar-refractivity contribution in [1.82, 2.24) is 0 Å². The molecule has 19 heavy (non-hydrogen) atoms. The number of aryl methyl sites for hydroxylation is 1. The summed E-state index contributed by atoms with van der Waals surface area (Å²) in [7, 11) is 0. The summed E-state index contributed by atoms with van der Waals surface area (Å²) < 4.78 is 5.46. The summed E-state index contributed by atoms with van der Waals surface area (Å²) in [4.78, 5) is 13.9. The van der Waals surface area contributed by atoms with Crippen LogP contribution in [0.25, 0.3) is 0 Å². The summed E-state index contributed by atoms with van der Waals surface area (Å²) in [5.41, 5.74) is 3.17. The number of alkyl halides is 1. The van der Waals surface area contributed by atoms with E-state index in [9.17, 15) is 4.79 Å². The summed E-state index contributed by atoms with van der Waals surface area (Å²) in [6, 6.07) is 7.81. The monoisotopic (exact) mass is 279 g/mol. The fraction of sp³-hybridized carbons (Fsp3) is 0.400. The van der Waals surface area contributed by atoms with Crippen LogP contribution in [0.2, 0.25) is 0 Å². The van der Waals surface area contributed by atoms with Gasteiger partial charge in [-0.05, 0) is 31.6 Å². The van der Waals surface area contributed by atoms with E-state index >= 15 is 0 Å². The molecule has 102 valence electrons. The third kappa shape index (κ3) is 3.17. The van der Waals surface area contributed by atoms with Crippen molar-refractivity contribution >= 4 is 23.2 Å². The third-order valence-corrected chi connectivity index (χ3v) is 3.56. The van der Waals surface area contributed by atoms with E-state index in [0.29, 0.717) is 13.2 Å². The van der Waals surface area contributed by atoms with Gasteiger partial charge in [0.15, 0.2) is 0 Å². The van der Waals surface area contributed by atoms with Gasteiger partial charge in [-0.3, -0.25) is 4.79 Å². The molecular formula is C15H18ClNO2. The molecule has 0 aliphatic carbocycles. The van der Waals surface area contributed by atoms with Crippen LogP contribution in [0.5, 0.6) is 0 Å². The minimum absolute atomic E-state index is 0.0301. The van der Waals surface area contributed by atoms with Crippen LogP contribution < -0.4 is 4.90 Å². The second-order valence-electron chi connectivity index (χ2n) is 4.73. The quantitative estimate of drug-likeness (QED) is 0.629. The van der Waals surface area contributed by atoms with Gasteiger partial charge in [-0.1, -0.05) is 23.8 Å². The van der Waals surface area contributed by atoms with E-state index in [1.165, 1.54) is 0 Å². The van der Waals surface area contributed by atoms with Gasteiger partial charge >= 0.3 is 0 Å². The van der Waals surface area contributed by atoms with Gasteiger partial charge in [0, 0.05) is 5.69 Å². The average molecular weight is 280 g/mol. The molecule has 0 saturated heterocycles. The highest BCUT2D eigenvalue weighted by molar-refractivity contribution is 6.29. The van der Waals surface area contributed by atoms with E-state index in [-0.39, 0.29) is 17.8 Å². The largest absolute Gasteiger partial charge is 0.375 e. The standard InChI is InChI=1S/C15H18ClNO2/c1-11-3-5-13(6-4-11)17(15(18)9-16)14-10-19-8-7-12(14)2/h3-7,14H,8-10H2,1-2H3. The first-order valence-electron chi connectivity index (χ1n) is 6.32. The number of nitrogens with zero attached hydrogens (tertiary/aromatic N) is 1. The third-order valence-electron chi connectivity index (χ3n) is 3.33. The number of carbonyl (C=O) groups excluding carboxylic acids is 1. The van der Waals surface area contributed by atoms with Crippen LogP contribution >= 0.6 is 11.6 Å². The number of hydrogen-bond donors (Lipinski definition) is 0. The van der Waals surface area contributed by atoms with E-state index in [4.69, 9.17) is 16.3 Å². The van der Waals surface area contributed by atoms with Crippen LogP contribution in [0.15, 0.2) is 35.9 Å². The molecule has 0 bridgehead atoms. The van der Waals surface area contributed by atoms with Gasteiger partial charge in [-0.25, -0.2) is 0 Å². The van der Waals surface area contributed by atoms with E-state index in [0.717, 1.165) is 16.8 Å². The Balaban J connectivity index is 2.35. The topological polar surface area (TPSA) is 29.5 Å². The maximum Gasteiger partial charge on any atom is 0.242 e. The highest BCUT2D eigenvalue weighted by Crippen LogP contribution is 2.24. The SMILES string of the molecule is CC1=CCOCC1N(C(=O)CCl)c1ccc(C)cc1. The van der Waals surface area contributed by atoms with Crippen molar-refractivity contribution in [3.8, 4) is 0 Å². The molecule has 0 saturated carbocycles. The van der Waals surface area contributed by atoms with Crippen LogP contribution in [0.4, 0.5) is 5.69 Å². The van der Waals surface area contributed by atoms with E-state index in [1.807, 2.05) is 44.2 Å². The maximum absolute atomic E-state index is 12.2. The summed E-state index contributed by atoms with van der Waals surface area (Å²) in [6.07, 6.45) is 2.01. The van der Waals surface area contributed by atoms with Crippen molar-refractivity contribution < 1.29 is 9.53 Å². The molecule has 1 atom stereocenters. The normalized spacial score (nSPS) is 18.9. The zero-order chi connectivity index (χ0) is 13.8. The number of halogens is 1. The summed E-state index contributed by atoms with van der Waals surface area (Å²) >= 11 is 5.74. The first kappa shape index (κ1) is 14.1. The molecular weight excluding hydrogens is 262 g/mol. The molecule has 1 amide bonds. The molecule has 0 fully saturated rings. The van der Waals surface area contributed by atoms with Crippen LogP contribution in [0, 0.1) is 6.92 Å². The average Bonchev–Trinajstić information content (AvgIpc) is 2.43. The number of anilines is 1. The van der Waals surface area contributed by atoms with Crippen molar-refractivity contribution in [2.24, 2.45) is 0 Å². The lowest BCUT2D eigenvalue weighted by atomic mass is 10.0. The second kappa shape index (κ2) is 6.22. The van der Waals surface area contributed by atoms with Gasteiger partial charge < -0.3 is 9.64 Å². The molecule has 0 N–H and O–H groups in total. The number of hydrogen-bond acceptors (Lipinski definition) is 2. The fourth-order valence-electron chi connectivity index (χ4n) is 2.18. The van der Waals surface area contributed by atoms with Gasteiger partial charge in [0.1, 0.15) is 5.88 Å². The number of carbonyl (C=O) groups is 1. The Morgan fingerprint density at radius 2 is 2.05 bits per heavy atom. The molecule has 0 radical (unpaired) electrons. The first-order valence-corrected chi connectivity index (χ1v) is 6.86. The van der Waals surface area contributed by atoms with E-state index < -0.39 is 0 Å². The molecule has 0 spiro atoms. The van der Waals surface area contributed by atoms with Gasteiger partial charge in [-0.15, -0.1) is 11.6 Å². The predicted molar refractivity (Wildman–Crippen MR) is 77.7 cm³/mol. The molecule has 3 nitrogen and oxygen atoms in total. The van der Waals surface area contributed by atoms with Crippen molar-refractivity contribution in [3.05, 3.63) is 41.5 Å². The Hall–Kier alpha value is -1.32. The van der Waals surface area contributed by atoms with Gasteiger partial charge in [0.25, 0.3) is 0 Å². The lowest BCUT2D eigenvalue weighted by Gasteiger charge is -2.34. The fourth-order valence-corrected chi connectivity index (χ4v) is 2.31. The van der Waals surface area contributed by atoms with Gasteiger partial charge in [0.2, 0.25) is 5.91 Å². The minimum Gasteiger partial charge on any atom is -0.375 e. The van der Waals surface area contributed by atoms with Crippen LogP contribution in [0.3, 0.4) is 0 Å². The van der Waals surface area contributed by atoms with E-state index in [1.54, 1.807) is 4.90 Å². The number of amides is 1. The van der Waals surface area contributed by atoms with Crippen molar-refractivity contribution in [3.63, 3.8) is 0 Å². The summed E-state index contributed by atoms with van der Waals surface area (Å²) in [5, 5.41) is 0. The predicted octanol–water partition coefficient (Wildman–Crippen LogP) is 2.91. The first-order chi connectivity index (χ1) is 9.13. The zero-order valence-corrected chi connectivity index (χ0v) is 12.0. The molecule has 0 aromatic heterocycles. The maximum atomic E-state index is 12.2. The van der Waals surface area contributed by atoms with Gasteiger partial charge in [0.05, 0.1) is 19.3 Å². The van der Waals surface area contributed by atoms with Crippen LogP contribution in [-0.4, -0.2) is 31.0 Å². The van der Waals surface area contributed by atoms with Crippen molar-refractivity contribution in [2.45, 2.75) is 19.9 Å². The number of benzene rings is 1. The Morgan fingerprint density at radius 1 is 1.37 bits per heavy atom. The second-order valence-corrected chi connectivity index (χ2v) is 5.00. The molecule has 1 aromatic carbocycles. The molecule has 1 aliphatic heterocycles. The van der Waals surface area contributed by atoms with E-state index in [2.05, 4.69) is 0 Å². The van der Waals surface area contributed by atoms with Crippen LogP contribution in [0.1, 0.15) is 12.5 Å². The highest BCUT2D eigenvalue weighted by atomic mass is 35.5. The smallest absolute Gasteiger partial charge is 0.242 e. The molecule has 1 heterocycles. The van der Waals surface area contributed by atoms with Crippen molar-refractivity contribution in [1.29, 1.82) is 0 Å². The van der Waals surface area contributed by atoms with Crippen LogP contribution in [-0.2, 0) is 9.53 Å². The summed E-state index contributed by atoms with van der Waals surface area (Å²) in [6.45, 7) is 5.17. The number of rotatable bonds is 3.